The molecule has 0 aromatic heterocycles. The summed E-state index contributed by atoms with van der Waals surface area (Å²) in [5.41, 5.74) is 6.62. The highest BCUT2D eigenvalue weighted by Crippen LogP contribution is 2.43. The van der Waals surface area contributed by atoms with E-state index in [0.717, 1.165) is 0 Å². The number of nitrogens with two attached hydrogens (primary N) is 1. The Morgan fingerprint density at radius 1 is 1.31 bits per heavy atom. The van der Waals surface area contributed by atoms with Crippen LogP contribution in [0, 0.1) is 0 Å². The lowest BCUT2D eigenvalue weighted by atomic mass is 10.1. The first kappa shape index (κ1) is 23.2. The number of primary amides is 1. The Balaban J connectivity index is 2.38. The number of rotatable bonds is 7. The maximum Gasteiger partial charge on any atom is 0.305 e. The zero-order valence-corrected chi connectivity index (χ0v) is 19.6. The number of benzene rings is 1. The fraction of sp³-hybridized carbons (Fsp3) is 0.550. The van der Waals surface area contributed by atoms with Crippen molar-refractivity contribution in [1.82, 2.24) is 4.90 Å². The minimum atomic E-state index is -2.22. The topological polar surface area (TPSA) is 98.9 Å². The van der Waals surface area contributed by atoms with Gasteiger partial charge in [0.15, 0.2) is 0 Å². The number of fused-ring (bicyclic) bond motifs is 1. The second-order valence-electron chi connectivity index (χ2n) is 8.73. The fourth-order valence-electron chi connectivity index (χ4n) is 2.93. The van der Waals surface area contributed by atoms with E-state index in [2.05, 4.69) is 38.6 Å². The molecule has 1 aromatic carbocycles. The number of carbonyl (C=O) groups excluding carboxylic acids is 3. The van der Waals surface area contributed by atoms with Crippen LogP contribution in [0.1, 0.15) is 49.5 Å². The molecule has 0 saturated heterocycles. The van der Waals surface area contributed by atoms with E-state index in [9.17, 15) is 14.4 Å². The van der Waals surface area contributed by atoms with Crippen molar-refractivity contribution in [1.29, 1.82) is 0 Å². The number of hydrogen-bond donors (Lipinski definition) is 1. The first-order valence-electron chi connectivity index (χ1n) is 9.47. The van der Waals surface area contributed by atoms with Gasteiger partial charge in [-0.1, -0.05) is 32.4 Å². The second kappa shape index (κ2) is 8.35. The van der Waals surface area contributed by atoms with Crippen molar-refractivity contribution in [3.63, 3.8) is 0 Å². The highest BCUT2D eigenvalue weighted by atomic mass is 35.5. The number of ether oxygens (including phenoxy) is 1. The highest BCUT2D eigenvalue weighted by Gasteiger charge is 2.42. The maximum absolute atomic E-state index is 13.0. The number of esters is 1. The van der Waals surface area contributed by atoms with E-state index in [4.69, 9.17) is 21.8 Å². The lowest BCUT2D eigenvalue weighted by Crippen LogP contribution is -2.45. The van der Waals surface area contributed by atoms with Crippen molar-refractivity contribution in [2.24, 2.45) is 5.73 Å². The minimum absolute atomic E-state index is 0.0156. The number of halogens is 1. The zero-order chi connectivity index (χ0) is 22.1. The Morgan fingerprint density at radius 3 is 2.45 bits per heavy atom. The van der Waals surface area contributed by atoms with E-state index >= 15 is 0 Å². The van der Waals surface area contributed by atoms with Gasteiger partial charge in [-0.15, -0.1) is 0 Å². The van der Waals surface area contributed by atoms with Crippen LogP contribution < -0.4 is 10.2 Å². The summed E-state index contributed by atoms with van der Waals surface area (Å²) < 4.78 is 11.1. The maximum atomic E-state index is 13.0. The van der Waals surface area contributed by atoms with Gasteiger partial charge in [-0.05, 0) is 36.7 Å². The summed E-state index contributed by atoms with van der Waals surface area (Å²) in [4.78, 5) is 37.9. The van der Waals surface area contributed by atoms with E-state index in [0.29, 0.717) is 21.9 Å². The highest BCUT2D eigenvalue weighted by molar-refractivity contribution is 6.74. The Morgan fingerprint density at radius 2 is 1.93 bits per heavy atom. The summed E-state index contributed by atoms with van der Waals surface area (Å²) >= 11 is 6.44. The quantitative estimate of drug-likeness (QED) is 0.516. The number of carbonyl (C=O) groups is 3. The Hall–Kier alpha value is -2.06. The van der Waals surface area contributed by atoms with Crippen LogP contribution in [0.25, 0.3) is 0 Å². The average molecular weight is 441 g/mol. The molecule has 0 bridgehead atoms. The molecule has 0 aliphatic carbocycles. The van der Waals surface area contributed by atoms with Crippen molar-refractivity contribution in [2.45, 2.75) is 64.3 Å². The smallest absolute Gasteiger partial charge is 0.305 e. The first-order valence-corrected chi connectivity index (χ1v) is 12.8. The molecule has 0 unspecified atom stereocenters. The monoisotopic (exact) mass is 440 g/mol. The molecule has 1 aliphatic heterocycles. The van der Waals surface area contributed by atoms with Crippen molar-refractivity contribution < 1.29 is 23.5 Å². The van der Waals surface area contributed by atoms with Crippen molar-refractivity contribution in [3.05, 3.63) is 28.3 Å². The van der Waals surface area contributed by atoms with Crippen LogP contribution >= 0.6 is 11.6 Å². The van der Waals surface area contributed by atoms with Crippen LogP contribution in [0.2, 0.25) is 23.2 Å². The minimum Gasteiger partial charge on any atom is -0.542 e. The van der Waals surface area contributed by atoms with E-state index in [1.54, 1.807) is 12.1 Å². The normalized spacial score (nSPS) is 15.1. The molecule has 0 spiro atoms. The fourth-order valence-corrected chi connectivity index (χ4v) is 4.26. The average Bonchev–Trinajstić information content (AvgIpc) is 2.93. The Bertz CT molecular complexity index is 835. The predicted molar refractivity (Wildman–Crippen MR) is 113 cm³/mol. The van der Waals surface area contributed by atoms with Gasteiger partial charge in [0.2, 0.25) is 5.91 Å². The van der Waals surface area contributed by atoms with Gasteiger partial charge < -0.3 is 19.8 Å². The number of hydrogen-bond acceptors (Lipinski definition) is 5. The van der Waals surface area contributed by atoms with Gasteiger partial charge in [0.25, 0.3) is 14.2 Å². The Kier molecular flexibility index (Phi) is 6.69. The largest absolute Gasteiger partial charge is 0.542 e. The molecular weight excluding hydrogens is 412 g/mol. The zero-order valence-electron chi connectivity index (χ0n) is 17.8. The van der Waals surface area contributed by atoms with Gasteiger partial charge in [0.1, 0.15) is 11.8 Å². The molecule has 29 heavy (non-hydrogen) atoms. The van der Waals surface area contributed by atoms with Crippen LogP contribution in [-0.2, 0) is 20.9 Å². The summed E-state index contributed by atoms with van der Waals surface area (Å²) in [6.07, 6.45) is 0.0756. The molecular formula is C20H29ClN2O5Si. The molecule has 1 aromatic rings. The molecule has 9 heteroatoms. The summed E-state index contributed by atoms with van der Waals surface area (Å²) in [6, 6.07) is 2.35. The third-order valence-electron chi connectivity index (χ3n) is 5.75. The van der Waals surface area contributed by atoms with E-state index in [1.165, 1.54) is 12.0 Å². The standard InChI is InChI=1S/C20H29ClN2O5Si/c1-20(2,3)29(5,6)28-17-13-11-23(19(26)12(13)7-8-14(17)21)15(18(22)25)9-10-16(24)27-4/h7-8,15H,9-11H2,1-6H3,(H2,22,25)/t15-/m0/s1. The molecule has 1 heterocycles. The molecule has 0 saturated carbocycles. The molecule has 2 N–H and O–H groups in total. The van der Waals surface area contributed by atoms with Gasteiger partial charge in [0.05, 0.1) is 18.7 Å². The van der Waals surface area contributed by atoms with Crippen molar-refractivity contribution in [3.8, 4) is 5.75 Å². The molecule has 7 nitrogen and oxygen atoms in total. The van der Waals surface area contributed by atoms with Crippen LogP contribution in [0.15, 0.2) is 12.1 Å². The summed E-state index contributed by atoms with van der Waals surface area (Å²) in [5, 5.41) is 0.367. The lowest BCUT2D eigenvalue weighted by Gasteiger charge is -2.37. The first-order chi connectivity index (χ1) is 13.3. The molecule has 0 radical (unpaired) electrons. The number of methoxy groups -OCH3 is 1. The molecule has 1 atom stereocenters. The van der Waals surface area contributed by atoms with Crippen molar-refractivity contribution >= 4 is 37.7 Å². The van der Waals surface area contributed by atoms with Crippen LogP contribution in [0.4, 0.5) is 0 Å². The van der Waals surface area contributed by atoms with Gasteiger partial charge in [-0.3, -0.25) is 14.4 Å². The van der Waals surface area contributed by atoms with Gasteiger partial charge in [0, 0.05) is 17.5 Å². The lowest BCUT2D eigenvalue weighted by molar-refractivity contribution is -0.141. The second-order valence-corrected chi connectivity index (χ2v) is 13.9. The summed E-state index contributed by atoms with van der Waals surface area (Å²) in [7, 11) is -0.946. The SMILES string of the molecule is COC(=O)CC[C@@H](C(N)=O)N1Cc2c(ccc(Cl)c2O[Si](C)(C)C(C)(C)C)C1=O. The molecule has 0 fully saturated rings. The predicted octanol–water partition coefficient (Wildman–Crippen LogP) is 3.49. The number of nitrogens with zero attached hydrogens (tertiary/aromatic N) is 1. The van der Waals surface area contributed by atoms with Gasteiger partial charge in [-0.25, -0.2) is 0 Å². The van der Waals surface area contributed by atoms with E-state index in [-0.39, 0.29) is 30.3 Å². The summed E-state index contributed by atoms with van der Waals surface area (Å²) in [5.74, 6) is -0.980. The third kappa shape index (κ3) is 4.75. The van der Waals surface area contributed by atoms with Crippen LogP contribution in [-0.4, -0.2) is 44.2 Å². The van der Waals surface area contributed by atoms with Crippen LogP contribution in [0.5, 0.6) is 5.75 Å². The van der Waals surface area contributed by atoms with Gasteiger partial charge >= 0.3 is 5.97 Å². The molecule has 2 rings (SSSR count). The molecule has 1 aliphatic rings. The van der Waals surface area contributed by atoms with Crippen molar-refractivity contribution in [2.75, 3.05) is 7.11 Å². The van der Waals surface area contributed by atoms with Gasteiger partial charge in [-0.2, -0.15) is 0 Å². The Labute approximate surface area is 177 Å². The van der Waals surface area contributed by atoms with E-state index in [1.807, 2.05) is 0 Å². The van der Waals surface area contributed by atoms with E-state index < -0.39 is 26.2 Å². The molecule has 160 valence electrons. The third-order valence-corrected chi connectivity index (χ3v) is 10.4. The molecule has 2 amide bonds. The summed E-state index contributed by atoms with van der Waals surface area (Å²) in [6.45, 7) is 10.7. The number of amides is 2. The van der Waals surface area contributed by atoms with Crippen LogP contribution in [0.3, 0.4) is 0 Å².